The summed E-state index contributed by atoms with van der Waals surface area (Å²) in [4.78, 5) is 0.166. The van der Waals surface area contributed by atoms with Crippen molar-refractivity contribution in [1.29, 1.82) is 0 Å². The van der Waals surface area contributed by atoms with Crippen molar-refractivity contribution in [3.63, 3.8) is 0 Å². The zero-order valence-corrected chi connectivity index (χ0v) is 19.3. The second-order valence-electron chi connectivity index (χ2n) is 7.33. The highest BCUT2D eigenvalue weighted by atomic mass is 32.2. The quantitative estimate of drug-likeness (QED) is 0.477. The summed E-state index contributed by atoms with van der Waals surface area (Å²) in [6.45, 7) is 5.26. The summed E-state index contributed by atoms with van der Waals surface area (Å²) >= 11 is 0. The fourth-order valence-electron chi connectivity index (χ4n) is 2.61. The molecule has 0 radical (unpaired) electrons. The smallest absolute Gasteiger partial charge is 0.296 e. The van der Waals surface area contributed by atoms with Crippen molar-refractivity contribution >= 4 is 20.2 Å². The Morgan fingerprint density at radius 3 is 1.33 bits per heavy atom. The van der Waals surface area contributed by atoms with Gasteiger partial charge in [-0.2, -0.15) is 16.8 Å². The molecule has 166 valence electrons. The predicted octanol–water partition coefficient (Wildman–Crippen LogP) is 3.60. The van der Waals surface area contributed by atoms with E-state index >= 15 is 0 Å². The molecule has 0 spiro atoms. The Kier molecular flexibility index (Phi) is 8.18. The molecule has 0 heterocycles. The van der Waals surface area contributed by atoms with Crippen LogP contribution in [-0.4, -0.2) is 42.8 Å². The molecule has 0 N–H and O–H groups in total. The van der Waals surface area contributed by atoms with E-state index in [0.717, 1.165) is 11.1 Å². The van der Waals surface area contributed by atoms with Gasteiger partial charge in [-0.05, 0) is 45.0 Å². The van der Waals surface area contributed by atoms with Crippen LogP contribution in [0, 0.1) is 13.8 Å². The first-order valence-corrected chi connectivity index (χ1v) is 12.3. The van der Waals surface area contributed by atoms with Gasteiger partial charge in [0.25, 0.3) is 20.2 Å². The molecule has 0 bridgehead atoms. The van der Waals surface area contributed by atoms with Crippen molar-refractivity contribution in [2.45, 2.75) is 49.0 Å². The lowest BCUT2D eigenvalue weighted by Gasteiger charge is -2.27. The summed E-state index contributed by atoms with van der Waals surface area (Å²) in [6, 6.07) is 12.7. The summed E-state index contributed by atoms with van der Waals surface area (Å²) in [5.74, 6) is 0. The minimum absolute atomic E-state index is 0.0831. The van der Waals surface area contributed by atoms with Gasteiger partial charge in [0.2, 0.25) is 0 Å². The zero-order chi connectivity index (χ0) is 22.4. The predicted molar refractivity (Wildman–Crippen MR) is 113 cm³/mol. The van der Waals surface area contributed by atoms with Crippen molar-refractivity contribution < 1.29 is 29.9 Å². The number of methoxy groups -OCH3 is 1. The molecule has 0 amide bonds. The third-order valence-electron chi connectivity index (χ3n) is 4.85. The first kappa shape index (κ1) is 24.5. The van der Waals surface area contributed by atoms with E-state index in [1.54, 1.807) is 31.2 Å². The highest BCUT2D eigenvalue weighted by Crippen LogP contribution is 2.23. The largest absolute Gasteiger partial charge is 0.378 e. The van der Waals surface area contributed by atoms with Crippen LogP contribution in [0.25, 0.3) is 0 Å². The van der Waals surface area contributed by atoms with E-state index in [1.165, 1.54) is 31.4 Å². The normalized spacial score (nSPS) is 12.8. The molecule has 9 heteroatoms. The van der Waals surface area contributed by atoms with Crippen LogP contribution in [0.5, 0.6) is 0 Å². The fraction of sp³-hybridized carbons (Fsp3) is 0.429. The van der Waals surface area contributed by atoms with Crippen molar-refractivity contribution in [2.75, 3.05) is 20.3 Å². The van der Waals surface area contributed by atoms with Crippen LogP contribution >= 0.6 is 0 Å². The highest BCUT2D eigenvalue weighted by molar-refractivity contribution is 7.87. The maximum atomic E-state index is 12.3. The third kappa shape index (κ3) is 6.88. The van der Waals surface area contributed by atoms with Gasteiger partial charge >= 0.3 is 0 Å². The van der Waals surface area contributed by atoms with E-state index < -0.39 is 25.8 Å². The molecular weight excluding hydrogens is 428 g/mol. The standard InChI is InChI=1S/C21H28O7S2/c1-17-5-9-19(10-6-17)29(22,23)27-15-13-21(3,26-4)14-16-28-30(24,25)20-11-7-18(2)8-12-20/h5-12H,13-16H2,1-4H3. The second-order valence-corrected chi connectivity index (χ2v) is 10.6. The SMILES string of the molecule is COC(C)(CCOS(=O)(=O)c1ccc(C)cc1)CCOS(=O)(=O)c1ccc(C)cc1. The minimum Gasteiger partial charge on any atom is -0.378 e. The number of ether oxygens (including phenoxy) is 1. The first-order valence-electron chi connectivity index (χ1n) is 9.45. The molecule has 30 heavy (non-hydrogen) atoms. The molecule has 7 nitrogen and oxygen atoms in total. The molecule has 0 aromatic heterocycles. The van der Waals surface area contributed by atoms with Crippen molar-refractivity contribution in [1.82, 2.24) is 0 Å². The van der Waals surface area contributed by atoms with Crippen LogP contribution in [0.3, 0.4) is 0 Å². The van der Waals surface area contributed by atoms with Gasteiger partial charge < -0.3 is 4.74 Å². The van der Waals surface area contributed by atoms with Crippen LogP contribution in [0.15, 0.2) is 58.3 Å². The number of hydrogen-bond acceptors (Lipinski definition) is 7. The van der Waals surface area contributed by atoms with E-state index in [-0.39, 0.29) is 35.8 Å². The van der Waals surface area contributed by atoms with Gasteiger partial charge in [-0.3, -0.25) is 8.37 Å². The summed E-state index contributed by atoms with van der Waals surface area (Å²) in [6.07, 6.45) is 0.477. The maximum Gasteiger partial charge on any atom is 0.296 e. The topological polar surface area (TPSA) is 96.0 Å². The molecule has 0 unspecified atom stereocenters. The number of benzene rings is 2. The molecular formula is C21H28O7S2. The Morgan fingerprint density at radius 1 is 0.700 bits per heavy atom. The van der Waals surface area contributed by atoms with E-state index in [0.29, 0.717) is 0 Å². The number of hydrogen-bond donors (Lipinski definition) is 0. The number of aryl methyl sites for hydroxylation is 2. The summed E-state index contributed by atoms with van der Waals surface area (Å²) in [7, 11) is -6.27. The van der Waals surface area contributed by atoms with Gasteiger partial charge in [-0.15, -0.1) is 0 Å². The van der Waals surface area contributed by atoms with Gasteiger partial charge in [-0.25, -0.2) is 0 Å². The van der Waals surface area contributed by atoms with Gasteiger partial charge in [0.15, 0.2) is 0 Å². The van der Waals surface area contributed by atoms with E-state index in [1.807, 2.05) is 13.8 Å². The maximum absolute atomic E-state index is 12.3. The Bertz CT molecular complexity index is 944. The molecule has 2 aromatic carbocycles. The monoisotopic (exact) mass is 456 g/mol. The molecule has 0 saturated heterocycles. The molecule has 0 aliphatic carbocycles. The molecule has 2 aromatic rings. The third-order valence-corrected chi connectivity index (χ3v) is 7.50. The first-order chi connectivity index (χ1) is 14.0. The highest BCUT2D eigenvalue weighted by Gasteiger charge is 2.27. The fourth-order valence-corrected chi connectivity index (χ4v) is 4.43. The lowest BCUT2D eigenvalue weighted by atomic mass is 9.99. The summed E-state index contributed by atoms with van der Waals surface area (Å²) < 4.78 is 64.8. The molecule has 2 rings (SSSR count). The van der Waals surface area contributed by atoms with Crippen LogP contribution in [0.2, 0.25) is 0 Å². The van der Waals surface area contributed by atoms with Gasteiger partial charge in [0, 0.05) is 20.0 Å². The van der Waals surface area contributed by atoms with Crippen LogP contribution < -0.4 is 0 Å². The summed E-state index contributed by atoms with van der Waals surface area (Å²) in [5, 5.41) is 0. The lowest BCUT2D eigenvalue weighted by molar-refractivity contribution is -0.0242. The van der Waals surface area contributed by atoms with Crippen LogP contribution in [0.4, 0.5) is 0 Å². The Hall–Kier alpha value is -1.78. The Balaban J connectivity index is 1.89. The van der Waals surface area contributed by atoms with Crippen LogP contribution in [0.1, 0.15) is 30.9 Å². The van der Waals surface area contributed by atoms with Gasteiger partial charge in [0.1, 0.15) is 0 Å². The average molecular weight is 457 g/mol. The van der Waals surface area contributed by atoms with E-state index in [4.69, 9.17) is 13.1 Å². The van der Waals surface area contributed by atoms with E-state index in [2.05, 4.69) is 0 Å². The van der Waals surface area contributed by atoms with E-state index in [9.17, 15) is 16.8 Å². The molecule has 0 fully saturated rings. The summed E-state index contributed by atoms with van der Waals surface area (Å²) in [5.41, 5.74) is 1.08. The molecule has 0 saturated carbocycles. The van der Waals surface area contributed by atoms with Crippen molar-refractivity contribution in [3.8, 4) is 0 Å². The molecule has 0 atom stereocenters. The van der Waals surface area contributed by atoms with Gasteiger partial charge in [0.05, 0.1) is 28.6 Å². The van der Waals surface area contributed by atoms with Crippen LogP contribution in [-0.2, 0) is 33.3 Å². The number of rotatable bonds is 11. The van der Waals surface area contributed by atoms with Crippen molar-refractivity contribution in [2.24, 2.45) is 0 Å². The van der Waals surface area contributed by atoms with Gasteiger partial charge in [-0.1, -0.05) is 35.4 Å². The zero-order valence-electron chi connectivity index (χ0n) is 17.6. The molecule has 0 aliphatic heterocycles. The minimum atomic E-state index is -3.87. The lowest BCUT2D eigenvalue weighted by Crippen LogP contribution is -2.31. The average Bonchev–Trinajstić information content (AvgIpc) is 2.68. The Labute approximate surface area is 179 Å². The van der Waals surface area contributed by atoms with Crippen molar-refractivity contribution in [3.05, 3.63) is 59.7 Å². The molecule has 0 aliphatic rings. The second kappa shape index (κ2) is 10.0. The Morgan fingerprint density at radius 2 is 1.03 bits per heavy atom.